The van der Waals surface area contributed by atoms with E-state index < -0.39 is 18.0 Å². The summed E-state index contributed by atoms with van der Waals surface area (Å²) >= 11 is 7.41. The van der Waals surface area contributed by atoms with Crippen LogP contribution in [0.4, 0.5) is 5.69 Å². The zero-order chi connectivity index (χ0) is 19.9. The standard InChI is InChI=1S/C21H22ClNO4S/c1-14(20(24)23-16-10-8-15(22)9-11-16)27-21(25)18-6-2-3-7-19(18)28-13-17-5-4-12-26-17/h2-3,6-11,14,17H,4-5,12-13H2,1H3,(H,23,24)/t14-,17-/m0/s1. The van der Waals surface area contributed by atoms with Crippen molar-refractivity contribution in [2.75, 3.05) is 17.7 Å². The normalized spacial score (nSPS) is 17.1. The summed E-state index contributed by atoms with van der Waals surface area (Å²) in [7, 11) is 0. The van der Waals surface area contributed by atoms with Gasteiger partial charge in [0.25, 0.3) is 5.91 Å². The van der Waals surface area contributed by atoms with Crippen LogP contribution in [0.2, 0.25) is 5.02 Å². The third-order valence-electron chi connectivity index (χ3n) is 4.32. The van der Waals surface area contributed by atoms with Gasteiger partial charge in [-0.05, 0) is 56.2 Å². The number of ether oxygens (including phenoxy) is 2. The molecule has 0 bridgehead atoms. The van der Waals surface area contributed by atoms with Crippen molar-refractivity contribution < 1.29 is 19.1 Å². The van der Waals surface area contributed by atoms with E-state index in [4.69, 9.17) is 21.1 Å². The van der Waals surface area contributed by atoms with E-state index in [1.807, 2.05) is 12.1 Å². The van der Waals surface area contributed by atoms with Crippen molar-refractivity contribution in [1.82, 2.24) is 0 Å². The minimum absolute atomic E-state index is 0.221. The topological polar surface area (TPSA) is 64.6 Å². The number of esters is 1. The summed E-state index contributed by atoms with van der Waals surface area (Å²) in [4.78, 5) is 25.7. The number of carbonyl (C=O) groups is 2. The highest BCUT2D eigenvalue weighted by molar-refractivity contribution is 7.99. The van der Waals surface area contributed by atoms with Gasteiger partial charge in [0.05, 0.1) is 11.7 Å². The van der Waals surface area contributed by atoms with Crippen molar-refractivity contribution in [3.63, 3.8) is 0 Å². The van der Waals surface area contributed by atoms with Gasteiger partial charge in [-0.1, -0.05) is 23.7 Å². The first-order chi connectivity index (χ1) is 13.5. The van der Waals surface area contributed by atoms with E-state index in [9.17, 15) is 9.59 Å². The Labute approximate surface area is 173 Å². The summed E-state index contributed by atoms with van der Waals surface area (Å²) in [5, 5.41) is 3.28. The van der Waals surface area contributed by atoms with Crippen molar-refractivity contribution >= 4 is 40.9 Å². The molecule has 1 heterocycles. The first-order valence-corrected chi connectivity index (χ1v) is 10.5. The molecule has 7 heteroatoms. The second kappa shape index (κ2) is 9.96. The molecule has 1 aliphatic heterocycles. The first kappa shape index (κ1) is 20.7. The molecule has 1 fully saturated rings. The summed E-state index contributed by atoms with van der Waals surface area (Å²) in [5.41, 5.74) is 1.04. The quantitative estimate of drug-likeness (QED) is 0.516. The van der Waals surface area contributed by atoms with E-state index in [2.05, 4.69) is 5.32 Å². The lowest BCUT2D eigenvalue weighted by atomic mass is 10.2. The molecule has 3 rings (SSSR count). The molecule has 0 radical (unpaired) electrons. The molecule has 28 heavy (non-hydrogen) atoms. The Morgan fingerprint density at radius 1 is 1.25 bits per heavy atom. The predicted octanol–water partition coefficient (Wildman–Crippen LogP) is 4.80. The SMILES string of the molecule is C[C@H](OC(=O)c1ccccc1SC[C@@H]1CCCO1)C(=O)Nc1ccc(Cl)cc1. The molecule has 1 saturated heterocycles. The molecule has 2 atom stereocenters. The zero-order valence-electron chi connectivity index (χ0n) is 15.5. The molecular weight excluding hydrogens is 398 g/mol. The zero-order valence-corrected chi connectivity index (χ0v) is 17.1. The van der Waals surface area contributed by atoms with Crippen LogP contribution in [0.5, 0.6) is 0 Å². The van der Waals surface area contributed by atoms with E-state index in [0.717, 1.165) is 30.1 Å². The van der Waals surface area contributed by atoms with Crippen LogP contribution in [0.25, 0.3) is 0 Å². The van der Waals surface area contributed by atoms with Crippen LogP contribution in [0.3, 0.4) is 0 Å². The number of nitrogens with one attached hydrogen (secondary N) is 1. The largest absolute Gasteiger partial charge is 0.449 e. The van der Waals surface area contributed by atoms with Crippen LogP contribution in [-0.2, 0) is 14.3 Å². The Morgan fingerprint density at radius 2 is 2.00 bits per heavy atom. The fraction of sp³-hybridized carbons (Fsp3) is 0.333. The van der Waals surface area contributed by atoms with Gasteiger partial charge in [0.2, 0.25) is 0 Å². The molecule has 148 valence electrons. The molecule has 2 aromatic rings. The van der Waals surface area contributed by atoms with E-state index in [1.54, 1.807) is 55.1 Å². The molecule has 0 aromatic heterocycles. The van der Waals surface area contributed by atoms with Crippen molar-refractivity contribution in [2.24, 2.45) is 0 Å². The molecule has 2 aromatic carbocycles. The van der Waals surface area contributed by atoms with Crippen LogP contribution in [0, 0.1) is 0 Å². The van der Waals surface area contributed by atoms with Gasteiger partial charge in [-0.15, -0.1) is 11.8 Å². The van der Waals surface area contributed by atoms with Crippen LogP contribution in [0.15, 0.2) is 53.4 Å². The summed E-state index contributed by atoms with van der Waals surface area (Å²) in [6.07, 6.45) is 1.41. The van der Waals surface area contributed by atoms with Crippen LogP contribution < -0.4 is 5.32 Å². The minimum Gasteiger partial charge on any atom is -0.449 e. The Bertz CT molecular complexity index is 821. The summed E-state index contributed by atoms with van der Waals surface area (Å²) in [6.45, 7) is 2.35. The highest BCUT2D eigenvalue weighted by atomic mass is 35.5. The minimum atomic E-state index is -0.931. The van der Waals surface area contributed by atoms with E-state index in [-0.39, 0.29) is 6.10 Å². The van der Waals surface area contributed by atoms with Gasteiger partial charge in [0.1, 0.15) is 0 Å². The maximum absolute atomic E-state index is 12.6. The third-order valence-corrected chi connectivity index (χ3v) is 5.78. The van der Waals surface area contributed by atoms with Gasteiger partial charge in [0.15, 0.2) is 6.10 Å². The number of thioether (sulfide) groups is 1. The van der Waals surface area contributed by atoms with Gasteiger partial charge < -0.3 is 14.8 Å². The van der Waals surface area contributed by atoms with Gasteiger partial charge in [0, 0.05) is 28.0 Å². The summed E-state index contributed by atoms with van der Waals surface area (Å²) in [5.74, 6) is -0.133. The lowest BCUT2D eigenvalue weighted by molar-refractivity contribution is -0.123. The number of halogens is 1. The lowest BCUT2D eigenvalue weighted by Crippen LogP contribution is -2.30. The predicted molar refractivity (Wildman–Crippen MR) is 111 cm³/mol. The molecule has 1 N–H and O–H groups in total. The fourth-order valence-corrected chi connectivity index (χ4v) is 4.01. The molecule has 0 unspecified atom stereocenters. The molecule has 1 aliphatic rings. The average molecular weight is 420 g/mol. The molecule has 0 spiro atoms. The number of hydrogen-bond acceptors (Lipinski definition) is 5. The monoisotopic (exact) mass is 419 g/mol. The van der Waals surface area contributed by atoms with E-state index in [1.165, 1.54) is 0 Å². The second-order valence-electron chi connectivity index (χ2n) is 6.49. The Kier molecular flexibility index (Phi) is 7.36. The first-order valence-electron chi connectivity index (χ1n) is 9.14. The van der Waals surface area contributed by atoms with Gasteiger partial charge in [-0.25, -0.2) is 4.79 Å². The number of amides is 1. The summed E-state index contributed by atoms with van der Waals surface area (Å²) < 4.78 is 11.0. The molecule has 5 nitrogen and oxygen atoms in total. The van der Waals surface area contributed by atoms with Crippen LogP contribution in [0.1, 0.15) is 30.1 Å². The fourth-order valence-electron chi connectivity index (χ4n) is 2.77. The van der Waals surface area contributed by atoms with Crippen LogP contribution >= 0.6 is 23.4 Å². The Morgan fingerprint density at radius 3 is 2.71 bits per heavy atom. The van der Waals surface area contributed by atoms with Gasteiger partial charge in [-0.2, -0.15) is 0 Å². The second-order valence-corrected chi connectivity index (χ2v) is 7.98. The molecule has 0 aliphatic carbocycles. The number of carbonyl (C=O) groups excluding carboxylic acids is 2. The molecule has 1 amide bonds. The van der Waals surface area contributed by atoms with Gasteiger partial charge >= 0.3 is 5.97 Å². The van der Waals surface area contributed by atoms with E-state index >= 15 is 0 Å². The summed E-state index contributed by atoms with van der Waals surface area (Å²) in [6, 6.07) is 14.0. The number of rotatable bonds is 7. The van der Waals surface area contributed by atoms with Gasteiger partial charge in [-0.3, -0.25) is 4.79 Å². The van der Waals surface area contributed by atoms with Crippen molar-refractivity contribution in [3.8, 4) is 0 Å². The maximum Gasteiger partial charge on any atom is 0.340 e. The highest BCUT2D eigenvalue weighted by Crippen LogP contribution is 2.27. The number of hydrogen-bond donors (Lipinski definition) is 1. The lowest BCUT2D eigenvalue weighted by Gasteiger charge is -2.15. The Balaban J connectivity index is 1.58. The smallest absolute Gasteiger partial charge is 0.340 e. The highest BCUT2D eigenvalue weighted by Gasteiger charge is 2.22. The average Bonchev–Trinajstić information content (AvgIpc) is 3.22. The van der Waals surface area contributed by atoms with Crippen molar-refractivity contribution in [1.29, 1.82) is 0 Å². The number of benzene rings is 2. The van der Waals surface area contributed by atoms with Crippen LogP contribution in [-0.4, -0.2) is 36.4 Å². The van der Waals surface area contributed by atoms with Crippen molar-refractivity contribution in [3.05, 3.63) is 59.1 Å². The number of anilines is 1. The Hall–Kier alpha value is -2.02. The molecular formula is C21H22ClNO4S. The maximum atomic E-state index is 12.6. The van der Waals surface area contributed by atoms with E-state index in [0.29, 0.717) is 16.3 Å². The molecule has 0 saturated carbocycles. The third kappa shape index (κ3) is 5.74. The van der Waals surface area contributed by atoms with Crippen molar-refractivity contribution in [2.45, 2.75) is 36.9 Å².